The number of hydrogen-bond acceptors (Lipinski definition) is 5. The van der Waals surface area contributed by atoms with E-state index in [2.05, 4.69) is 20.6 Å². The minimum Gasteiger partial charge on any atom is -0.480 e. The van der Waals surface area contributed by atoms with Gasteiger partial charge in [0.2, 0.25) is 11.8 Å². The molecule has 1 aromatic rings. The number of H-pyrrole nitrogens is 1. The second kappa shape index (κ2) is 9.91. The monoisotopic (exact) mass is 367 g/mol. The van der Waals surface area contributed by atoms with Crippen LogP contribution in [-0.4, -0.2) is 51.0 Å². The van der Waals surface area contributed by atoms with Gasteiger partial charge in [0.05, 0.1) is 18.1 Å². The summed E-state index contributed by atoms with van der Waals surface area (Å²) in [7, 11) is 0. The van der Waals surface area contributed by atoms with Crippen molar-refractivity contribution in [2.75, 3.05) is 0 Å². The van der Waals surface area contributed by atoms with Gasteiger partial charge in [-0.1, -0.05) is 34.1 Å². The molecule has 0 aliphatic heterocycles. The molecule has 0 unspecified atom stereocenters. The Morgan fingerprint density at radius 1 is 1.19 bits per heavy atom. The molecule has 0 aliphatic carbocycles. The number of carbonyl (C=O) groups excluding carboxylic acids is 2. The van der Waals surface area contributed by atoms with Crippen LogP contribution < -0.4 is 16.4 Å². The molecule has 146 valence electrons. The van der Waals surface area contributed by atoms with Gasteiger partial charge < -0.3 is 26.5 Å². The van der Waals surface area contributed by atoms with Gasteiger partial charge in [-0.3, -0.25) is 9.59 Å². The van der Waals surface area contributed by atoms with E-state index in [1.165, 1.54) is 6.33 Å². The summed E-state index contributed by atoms with van der Waals surface area (Å²) in [6, 6.07) is -2.75. The first-order valence-corrected chi connectivity index (χ1v) is 8.74. The first-order chi connectivity index (χ1) is 12.2. The summed E-state index contributed by atoms with van der Waals surface area (Å²) in [4.78, 5) is 43.1. The lowest BCUT2D eigenvalue weighted by Crippen LogP contribution is -2.57. The summed E-state index contributed by atoms with van der Waals surface area (Å²) in [6.07, 6.45) is 3.96. The summed E-state index contributed by atoms with van der Waals surface area (Å²) < 4.78 is 0. The smallest absolute Gasteiger partial charge is 0.326 e. The summed E-state index contributed by atoms with van der Waals surface area (Å²) in [5.41, 5.74) is 6.52. The Balaban J connectivity index is 2.75. The lowest BCUT2D eigenvalue weighted by Gasteiger charge is -2.27. The topological polar surface area (TPSA) is 150 Å². The van der Waals surface area contributed by atoms with Crippen LogP contribution in [0, 0.1) is 11.8 Å². The van der Waals surface area contributed by atoms with Crippen molar-refractivity contribution in [1.29, 1.82) is 0 Å². The zero-order chi connectivity index (χ0) is 19.9. The maximum atomic E-state index is 12.5. The number of hydrogen-bond donors (Lipinski definition) is 5. The van der Waals surface area contributed by atoms with E-state index in [-0.39, 0.29) is 18.3 Å². The van der Waals surface area contributed by atoms with Crippen LogP contribution >= 0.6 is 0 Å². The van der Waals surface area contributed by atoms with Crippen LogP contribution in [0.25, 0.3) is 0 Å². The standard InChI is InChI=1S/C17H29N5O4/c1-5-10(4)14(17(25)26)22-16(24)13(9(2)3)21-15(23)12(18)6-11-7-19-8-20-11/h7-10,12-14H,5-6,18H2,1-4H3,(H,19,20)(H,21,23)(H,22,24)(H,25,26)/t10-,12-,13-,14-/m0/s1. The van der Waals surface area contributed by atoms with Crippen molar-refractivity contribution in [3.8, 4) is 0 Å². The lowest BCUT2D eigenvalue weighted by molar-refractivity contribution is -0.144. The fourth-order valence-corrected chi connectivity index (χ4v) is 2.44. The molecule has 0 aromatic carbocycles. The first kappa shape index (κ1) is 21.6. The average Bonchev–Trinajstić information content (AvgIpc) is 3.08. The highest BCUT2D eigenvalue weighted by atomic mass is 16.4. The molecule has 1 heterocycles. The predicted octanol–water partition coefficient (Wildman–Crippen LogP) is 0.0358. The zero-order valence-corrected chi connectivity index (χ0v) is 15.7. The Labute approximate surface area is 153 Å². The van der Waals surface area contributed by atoms with E-state index in [1.54, 1.807) is 27.0 Å². The molecule has 26 heavy (non-hydrogen) atoms. The van der Waals surface area contributed by atoms with E-state index in [9.17, 15) is 19.5 Å². The molecule has 9 nitrogen and oxygen atoms in total. The molecule has 0 spiro atoms. The van der Waals surface area contributed by atoms with Crippen LogP contribution in [0.3, 0.4) is 0 Å². The largest absolute Gasteiger partial charge is 0.480 e. The van der Waals surface area contributed by atoms with Crippen molar-refractivity contribution in [3.05, 3.63) is 18.2 Å². The van der Waals surface area contributed by atoms with Gasteiger partial charge in [-0.15, -0.1) is 0 Å². The van der Waals surface area contributed by atoms with Gasteiger partial charge in [0.15, 0.2) is 0 Å². The minimum absolute atomic E-state index is 0.229. The molecule has 0 radical (unpaired) electrons. The Hall–Kier alpha value is -2.42. The quantitative estimate of drug-likeness (QED) is 0.394. The summed E-state index contributed by atoms with van der Waals surface area (Å²) in [5, 5.41) is 14.5. The van der Waals surface area contributed by atoms with Crippen LogP contribution in [0.15, 0.2) is 12.5 Å². The SMILES string of the molecule is CC[C@H](C)[C@H](NC(=O)[C@@H](NC(=O)[C@@H](N)Cc1c[nH]cn1)C(C)C)C(=O)O. The third kappa shape index (κ3) is 6.14. The van der Waals surface area contributed by atoms with Gasteiger partial charge in [-0.25, -0.2) is 9.78 Å². The molecule has 0 saturated carbocycles. The summed E-state index contributed by atoms with van der Waals surface area (Å²) >= 11 is 0. The first-order valence-electron chi connectivity index (χ1n) is 8.74. The van der Waals surface area contributed by atoms with Gasteiger partial charge in [-0.05, 0) is 11.8 Å². The molecule has 0 saturated heterocycles. The highest BCUT2D eigenvalue weighted by molar-refractivity contribution is 5.92. The fourth-order valence-electron chi connectivity index (χ4n) is 2.44. The van der Waals surface area contributed by atoms with E-state index in [4.69, 9.17) is 5.73 Å². The number of carbonyl (C=O) groups is 3. The Morgan fingerprint density at radius 3 is 2.27 bits per heavy atom. The zero-order valence-electron chi connectivity index (χ0n) is 15.7. The summed E-state index contributed by atoms with van der Waals surface area (Å²) in [6.45, 7) is 7.13. The number of amides is 2. The number of imidazole rings is 1. The third-order valence-corrected chi connectivity index (χ3v) is 4.34. The van der Waals surface area contributed by atoms with Gasteiger partial charge in [0.1, 0.15) is 12.1 Å². The van der Waals surface area contributed by atoms with Crippen molar-refractivity contribution in [2.24, 2.45) is 17.6 Å². The molecule has 1 rings (SSSR count). The van der Waals surface area contributed by atoms with Crippen LogP contribution in [0.4, 0.5) is 0 Å². The van der Waals surface area contributed by atoms with Crippen LogP contribution in [0.2, 0.25) is 0 Å². The number of aliphatic carboxylic acids is 1. The van der Waals surface area contributed by atoms with E-state index in [1.807, 2.05) is 6.92 Å². The maximum Gasteiger partial charge on any atom is 0.326 e. The highest BCUT2D eigenvalue weighted by Gasteiger charge is 2.31. The number of carboxylic acids is 1. The van der Waals surface area contributed by atoms with E-state index in [0.29, 0.717) is 12.1 Å². The molecule has 1 aromatic heterocycles. The van der Waals surface area contributed by atoms with Gasteiger partial charge in [-0.2, -0.15) is 0 Å². The molecule has 9 heteroatoms. The number of rotatable bonds is 10. The Bertz CT molecular complexity index is 602. The molecular formula is C17H29N5O4. The van der Waals surface area contributed by atoms with Crippen LogP contribution in [0.5, 0.6) is 0 Å². The molecule has 0 aliphatic rings. The molecule has 6 N–H and O–H groups in total. The minimum atomic E-state index is -1.10. The van der Waals surface area contributed by atoms with Crippen molar-refractivity contribution >= 4 is 17.8 Å². The molecule has 0 bridgehead atoms. The fraction of sp³-hybridized carbons (Fsp3) is 0.647. The third-order valence-electron chi connectivity index (χ3n) is 4.34. The van der Waals surface area contributed by atoms with Crippen molar-refractivity contribution < 1.29 is 19.5 Å². The van der Waals surface area contributed by atoms with Gasteiger partial charge >= 0.3 is 5.97 Å². The maximum absolute atomic E-state index is 12.5. The van der Waals surface area contributed by atoms with E-state index < -0.39 is 35.9 Å². The summed E-state index contributed by atoms with van der Waals surface area (Å²) in [5.74, 6) is -2.59. The van der Waals surface area contributed by atoms with E-state index >= 15 is 0 Å². The average molecular weight is 367 g/mol. The van der Waals surface area contributed by atoms with Crippen molar-refractivity contribution in [2.45, 2.75) is 58.7 Å². The number of nitrogens with one attached hydrogen (secondary N) is 3. The van der Waals surface area contributed by atoms with Crippen molar-refractivity contribution in [3.63, 3.8) is 0 Å². The number of aromatic amines is 1. The Kier molecular flexibility index (Phi) is 8.24. The normalized spacial score (nSPS) is 15.8. The molecule has 2 amide bonds. The highest BCUT2D eigenvalue weighted by Crippen LogP contribution is 2.10. The number of carboxylic acid groups (broad SMARTS) is 1. The number of nitrogens with zero attached hydrogens (tertiary/aromatic N) is 1. The number of aromatic nitrogens is 2. The molecule has 4 atom stereocenters. The number of nitrogens with two attached hydrogens (primary N) is 1. The predicted molar refractivity (Wildman–Crippen MR) is 96.1 cm³/mol. The van der Waals surface area contributed by atoms with E-state index in [0.717, 1.165) is 0 Å². The molecular weight excluding hydrogens is 338 g/mol. The second-order valence-electron chi connectivity index (χ2n) is 6.81. The van der Waals surface area contributed by atoms with Crippen molar-refractivity contribution in [1.82, 2.24) is 20.6 Å². The van der Waals surface area contributed by atoms with Gasteiger partial charge in [0, 0.05) is 12.6 Å². The van der Waals surface area contributed by atoms with Crippen LogP contribution in [0.1, 0.15) is 39.8 Å². The van der Waals surface area contributed by atoms with Crippen LogP contribution in [-0.2, 0) is 20.8 Å². The Morgan fingerprint density at radius 2 is 1.81 bits per heavy atom. The molecule has 0 fully saturated rings. The van der Waals surface area contributed by atoms with Gasteiger partial charge in [0.25, 0.3) is 0 Å². The second-order valence-corrected chi connectivity index (χ2v) is 6.81. The lowest BCUT2D eigenvalue weighted by atomic mass is 9.97.